The highest BCUT2D eigenvalue weighted by molar-refractivity contribution is 6.03. The molecule has 0 bridgehead atoms. The van der Waals surface area contributed by atoms with Crippen LogP contribution in [0, 0.1) is 5.82 Å². The van der Waals surface area contributed by atoms with E-state index >= 15 is 0 Å². The Hall–Kier alpha value is -3.22. The Morgan fingerprint density at radius 3 is 2.22 bits per heavy atom. The van der Waals surface area contributed by atoms with Gasteiger partial charge in [-0.3, -0.25) is 9.59 Å². The van der Waals surface area contributed by atoms with Gasteiger partial charge in [-0.25, -0.2) is 9.82 Å². The average molecular weight is 370 g/mol. The number of benzene rings is 2. The van der Waals surface area contributed by atoms with Gasteiger partial charge in [-0.05, 0) is 55.8 Å². The number of hydrazone groups is 1. The first kappa shape index (κ1) is 20.1. The van der Waals surface area contributed by atoms with Crippen molar-refractivity contribution in [2.24, 2.45) is 5.10 Å². The summed E-state index contributed by atoms with van der Waals surface area (Å²) in [4.78, 5) is 25.8. The van der Waals surface area contributed by atoms with Crippen LogP contribution in [0.4, 0.5) is 15.8 Å². The standard InChI is InChI=1S/C20H23FN4O2/c1-3-25(4-2)18-11-5-15(6-12-18)14-22-24-20(27)13-19(26)23-17-9-7-16(21)8-10-17/h5-12,14H,3-4,13H2,1-2H3,(H,23,26)(H,24,27). The van der Waals surface area contributed by atoms with Gasteiger partial charge in [0.25, 0.3) is 0 Å². The van der Waals surface area contributed by atoms with Gasteiger partial charge in [0.1, 0.15) is 12.2 Å². The van der Waals surface area contributed by atoms with E-state index in [1.54, 1.807) is 0 Å². The van der Waals surface area contributed by atoms with Crippen LogP contribution in [-0.4, -0.2) is 31.1 Å². The monoisotopic (exact) mass is 370 g/mol. The van der Waals surface area contributed by atoms with Crippen LogP contribution in [0.5, 0.6) is 0 Å². The van der Waals surface area contributed by atoms with Gasteiger partial charge < -0.3 is 10.2 Å². The lowest BCUT2D eigenvalue weighted by Gasteiger charge is -2.20. The highest BCUT2D eigenvalue weighted by Gasteiger charge is 2.09. The first-order chi connectivity index (χ1) is 13.0. The van der Waals surface area contributed by atoms with Crippen molar-refractivity contribution in [3.63, 3.8) is 0 Å². The van der Waals surface area contributed by atoms with Crippen molar-refractivity contribution in [2.45, 2.75) is 20.3 Å². The van der Waals surface area contributed by atoms with Crippen LogP contribution in [0.15, 0.2) is 53.6 Å². The molecule has 2 rings (SSSR count). The minimum Gasteiger partial charge on any atom is -0.372 e. The highest BCUT2D eigenvalue weighted by Crippen LogP contribution is 2.14. The molecule has 0 spiro atoms. The molecule has 2 aromatic carbocycles. The van der Waals surface area contributed by atoms with Crippen molar-refractivity contribution in [1.29, 1.82) is 0 Å². The molecule has 2 N–H and O–H groups in total. The van der Waals surface area contributed by atoms with Gasteiger partial charge in [0.15, 0.2) is 0 Å². The van der Waals surface area contributed by atoms with Crippen molar-refractivity contribution in [3.05, 3.63) is 59.9 Å². The predicted octanol–water partition coefficient (Wildman–Crippen LogP) is 3.15. The maximum Gasteiger partial charge on any atom is 0.249 e. The largest absolute Gasteiger partial charge is 0.372 e. The number of amides is 2. The third-order valence-corrected chi connectivity index (χ3v) is 3.87. The van der Waals surface area contributed by atoms with Crippen LogP contribution in [0.2, 0.25) is 0 Å². The topological polar surface area (TPSA) is 73.8 Å². The van der Waals surface area contributed by atoms with Gasteiger partial charge in [-0.15, -0.1) is 0 Å². The number of hydrogen-bond acceptors (Lipinski definition) is 4. The molecule has 7 heteroatoms. The van der Waals surface area contributed by atoms with E-state index in [0.29, 0.717) is 5.69 Å². The first-order valence-electron chi connectivity index (χ1n) is 8.74. The second-order valence-electron chi connectivity index (χ2n) is 5.79. The second kappa shape index (κ2) is 10.1. The maximum atomic E-state index is 12.8. The SMILES string of the molecule is CCN(CC)c1ccc(C=NNC(=O)CC(=O)Nc2ccc(F)cc2)cc1. The Bertz CT molecular complexity index is 785. The Morgan fingerprint density at radius 2 is 1.63 bits per heavy atom. The summed E-state index contributed by atoms with van der Waals surface area (Å²) in [5, 5.41) is 6.37. The van der Waals surface area contributed by atoms with Gasteiger partial charge in [0.05, 0.1) is 6.21 Å². The molecule has 0 atom stereocenters. The van der Waals surface area contributed by atoms with E-state index in [-0.39, 0.29) is 6.42 Å². The lowest BCUT2D eigenvalue weighted by Crippen LogP contribution is -2.24. The lowest BCUT2D eigenvalue weighted by atomic mass is 10.2. The van der Waals surface area contributed by atoms with Crippen LogP contribution >= 0.6 is 0 Å². The summed E-state index contributed by atoms with van der Waals surface area (Å²) in [6, 6.07) is 13.1. The molecule has 2 aromatic rings. The molecule has 0 aliphatic carbocycles. The average Bonchev–Trinajstić information content (AvgIpc) is 2.66. The quantitative estimate of drug-likeness (QED) is 0.426. The summed E-state index contributed by atoms with van der Waals surface area (Å²) in [7, 11) is 0. The second-order valence-corrected chi connectivity index (χ2v) is 5.79. The molecule has 0 aromatic heterocycles. The number of nitrogens with zero attached hydrogens (tertiary/aromatic N) is 2. The van der Waals surface area contributed by atoms with E-state index in [1.807, 2.05) is 24.3 Å². The highest BCUT2D eigenvalue weighted by atomic mass is 19.1. The van der Waals surface area contributed by atoms with Gasteiger partial charge >= 0.3 is 0 Å². The molecule has 0 fully saturated rings. The van der Waals surface area contributed by atoms with Crippen LogP contribution in [0.1, 0.15) is 25.8 Å². The number of hydrogen-bond donors (Lipinski definition) is 2. The third kappa shape index (κ3) is 6.54. The summed E-state index contributed by atoms with van der Waals surface area (Å²) >= 11 is 0. The number of nitrogens with one attached hydrogen (secondary N) is 2. The molecule has 0 unspecified atom stereocenters. The fourth-order valence-electron chi connectivity index (χ4n) is 2.46. The fraction of sp³-hybridized carbons (Fsp3) is 0.250. The van der Waals surface area contributed by atoms with Crippen LogP contribution in [0.3, 0.4) is 0 Å². The van der Waals surface area contributed by atoms with E-state index in [0.717, 1.165) is 24.3 Å². The van der Waals surface area contributed by atoms with E-state index in [9.17, 15) is 14.0 Å². The molecule has 0 aliphatic rings. The Morgan fingerprint density at radius 1 is 1.00 bits per heavy atom. The van der Waals surface area contributed by atoms with Gasteiger partial charge in [0, 0.05) is 24.5 Å². The molecule has 0 heterocycles. The minimum atomic E-state index is -0.536. The summed E-state index contributed by atoms with van der Waals surface area (Å²) in [6.45, 7) is 6.06. The molecule has 2 amide bonds. The zero-order chi connectivity index (χ0) is 19.6. The molecule has 0 saturated carbocycles. The zero-order valence-electron chi connectivity index (χ0n) is 15.4. The van der Waals surface area contributed by atoms with E-state index in [1.165, 1.54) is 30.5 Å². The molecule has 6 nitrogen and oxygen atoms in total. The smallest absolute Gasteiger partial charge is 0.249 e. The minimum absolute atomic E-state index is 0.379. The van der Waals surface area contributed by atoms with Crippen LogP contribution in [-0.2, 0) is 9.59 Å². The molecule has 0 aliphatic heterocycles. The van der Waals surface area contributed by atoms with E-state index in [4.69, 9.17) is 0 Å². The summed E-state index contributed by atoms with van der Waals surface area (Å²) in [6.07, 6.45) is 1.14. The normalized spacial score (nSPS) is 10.6. The predicted molar refractivity (Wildman–Crippen MR) is 105 cm³/mol. The number of anilines is 2. The summed E-state index contributed by atoms with van der Waals surface area (Å²) in [5.41, 5.74) is 4.70. The van der Waals surface area contributed by atoms with E-state index < -0.39 is 17.6 Å². The molecule has 0 radical (unpaired) electrons. The van der Waals surface area contributed by atoms with Crippen molar-refractivity contribution < 1.29 is 14.0 Å². The van der Waals surface area contributed by atoms with Gasteiger partial charge in [-0.1, -0.05) is 12.1 Å². The van der Waals surface area contributed by atoms with Crippen molar-refractivity contribution in [2.75, 3.05) is 23.3 Å². The van der Waals surface area contributed by atoms with Crippen molar-refractivity contribution in [1.82, 2.24) is 5.43 Å². The number of carbonyl (C=O) groups is 2. The van der Waals surface area contributed by atoms with Crippen molar-refractivity contribution in [3.8, 4) is 0 Å². The summed E-state index contributed by atoms with van der Waals surface area (Å²) < 4.78 is 12.8. The lowest BCUT2D eigenvalue weighted by molar-refractivity contribution is -0.126. The molecule has 142 valence electrons. The van der Waals surface area contributed by atoms with Gasteiger partial charge in [-0.2, -0.15) is 5.10 Å². The maximum absolute atomic E-state index is 12.8. The fourth-order valence-corrected chi connectivity index (χ4v) is 2.46. The summed E-state index contributed by atoms with van der Waals surface area (Å²) in [5.74, 6) is -1.44. The molecular formula is C20H23FN4O2. The first-order valence-corrected chi connectivity index (χ1v) is 8.74. The number of halogens is 1. The zero-order valence-corrected chi connectivity index (χ0v) is 15.4. The van der Waals surface area contributed by atoms with E-state index in [2.05, 4.69) is 34.6 Å². The molecule has 0 saturated heterocycles. The van der Waals surface area contributed by atoms with Gasteiger partial charge in [0.2, 0.25) is 11.8 Å². The number of carbonyl (C=O) groups excluding carboxylic acids is 2. The Balaban J connectivity index is 1.80. The Labute approximate surface area is 158 Å². The Kier molecular flexibility index (Phi) is 7.49. The number of rotatable bonds is 8. The van der Waals surface area contributed by atoms with Crippen LogP contribution < -0.4 is 15.6 Å². The molecular weight excluding hydrogens is 347 g/mol. The van der Waals surface area contributed by atoms with Crippen molar-refractivity contribution >= 4 is 29.4 Å². The van der Waals surface area contributed by atoms with Crippen LogP contribution in [0.25, 0.3) is 0 Å². The molecule has 27 heavy (non-hydrogen) atoms. The third-order valence-electron chi connectivity index (χ3n) is 3.87.